The Balaban J connectivity index is 1.41. The Morgan fingerprint density at radius 3 is 2.84 bits per heavy atom. The second kappa shape index (κ2) is 9.16. The second-order valence-electron chi connectivity index (χ2n) is 7.55. The van der Waals surface area contributed by atoms with Crippen molar-refractivity contribution in [2.45, 2.75) is 38.9 Å². The van der Waals surface area contributed by atoms with Crippen molar-refractivity contribution < 1.29 is 18.3 Å². The van der Waals surface area contributed by atoms with Gasteiger partial charge in [0.25, 0.3) is 0 Å². The van der Waals surface area contributed by atoms with Gasteiger partial charge in [0.15, 0.2) is 11.6 Å². The van der Waals surface area contributed by atoms with E-state index >= 15 is 0 Å². The highest BCUT2D eigenvalue weighted by atomic mass is 19.1. The Hall–Kier alpha value is -3.76. The van der Waals surface area contributed by atoms with Crippen molar-refractivity contribution >= 4 is 23.4 Å². The number of ether oxygens (including phenoxy) is 1. The van der Waals surface area contributed by atoms with Crippen LogP contribution >= 0.6 is 0 Å². The third-order valence-corrected chi connectivity index (χ3v) is 4.84. The molecule has 1 saturated carbocycles. The molecule has 168 valence electrons. The van der Waals surface area contributed by atoms with Gasteiger partial charge < -0.3 is 20.7 Å². The van der Waals surface area contributed by atoms with Crippen molar-refractivity contribution in [3.63, 3.8) is 0 Å². The first-order valence-corrected chi connectivity index (χ1v) is 10.1. The van der Waals surface area contributed by atoms with Gasteiger partial charge >= 0.3 is 0 Å². The van der Waals surface area contributed by atoms with Crippen LogP contribution in [0.2, 0.25) is 0 Å². The van der Waals surface area contributed by atoms with E-state index in [1.807, 2.05) is 6.92 Å². The van der Waals surface area contributed by atoms with E-state index in [2.05, 4.69) is 31.0 Å². The Kier molecular flexibility index (Phi) is 6.15. The van der Waals surface area contributed by atoms with Gasteiger partial charge in [-0.05, 0) is 25.8 Å². The highest BCUT2D eigenvalue weighted by molar-refractivity contribution is 5.76. The van der Waals surface area contributed by atoms with E-state index in [-0.39, 0.29) is 24.7 Å². The molecule has 9 nitrogen and oxygen atoms in total. The monoisotopic (exact) mass is 443 g/mol. The van der Waals surface area contributed by atoms with Crippen LogP contribution in [0.15, 0.2) is 30.7 Å². The summed E-state index contributed by atoms with van der Waals surface area (Å²) < 4.78 is 34.1. The fourth-order valence-electron chi connectivity index (χ4n) is 3.13. The number of hydrogen-bond acceptors (Lipinski definition) is 7. The van der Waals surface area contributed by atoms with Crippen molar-refractivity contribution in [2.24, 2.45) is 0 Å². The molecule has 0 atom stereocenters. The highest BCUT2D eigenvalue weighted by Crippen LogP contribution is 2.25. The van der Waals surface area contributed by atoms with Crippen molar-refractivity contribution in [1.82, 2.24) is 25.1 Å². The molecule has 0 saturated heterocycles. The van der Waals surface area contributed by atoms with Crippen LogP contribution in [0.1, 0.15) is 24.0 Å². The number of anilines is 3. The molecule has 32 heavy (non-hydrogen) atoms. The maximum atomic E-state index is 13.9. The standard InChI is InChI=1S/C21H23F2N7O2/c1-12-7-25-21(28-16-9-26-30(10-16)11-18(31)27-15-3-4-15)29-20(12)24-8-13-5-14(22)6-17(23)19(13)32-2/h5-7,9-10,15H,3-4,8,11H2,1-2H3,(H,27,31)(H2,24,25,28,29). The summed E-state index contributed by atoms with van der Waals surface area (Å²) in [4.78, 5) is 20.6. The van der Waals surface area contributed by atoms with E-state index in [0.29, 0.717) is 29.1 Å². The van der Waals surface area contributed by atoms with Gasteiger partial charge in [-0.2, -0.15) is 10.1 Å². The molecule has 0 unspecified atom stereocenters. The molecule has 0 radical (unpaired) electrons. The third kappa shape index (κ3) is 5.29. The third-order valence-electron chi connectivity index (χ3n) is 4.84. The Labute approximate surface area is 183 Å². The molecule has 11 heteroatoms. The van der Waals surface area contributed by atoms with Crippen LogP contribution in [0.3, 0.4) is 0 Å². The molecule has 0 bridgehead atoms. The Morgan fingerprint density at radius 2 is 2.09 bits per heavy atom. The number of hydrogen-bond donors (Lipinski definition) is 3. The molecule has 1 aliphatic rings. The van der Waals surface area contributed by atoms with Crippen LogP contribution in [0.5, 0.6) is 5.75 Å². The minimum absolute atomic E-state index is 0.0258. The summed E-state index contributed by atoms with van der Waals surface area (Å²) >= 11 is 0. The van der Waals surface area contributed by atoms with E-state index in [0.717, 1.165) is 24.5 Å². The van der Waals surface area contributed by atoms with E-state index in [1.165, 1.54) is 17.9 Å². The zero-order valence-corrected chi connectivity index (χ0v) is 17.7. The van der Waals surface area contributed by atoms with Gasteiger partial charge in [-0.3, -0.25) is 9.48 Å². The summed E-state index contributed by atoms with van der Waals surface area (Å²) in [5.41, 5.74) is 1.69. The number of carbonyl (C=O) groups is 1. The molecule has 1 fully saturated rings. The summed E-state index contributed by atoms with van der Waals surface area (Å²) in [6, 6.07) is 2.28. The smallest absolute Gasteiger partial charge is 0.241 e. The molecule has 2 heterocycles. The maximum Gasteiger partial charge on any atom is 0.241 e. The number of aryl methyl sites for hydroxylation is 1. The molecule has 1 aliphatic carbocycles. The quantitative estimate of drug-likeness (QED) is 0.467. The van der Waals surface area contributed by atoms with Crippen LogP contribution in [0.25, 0.3) is 0 Å². The fraction of sp³-hybridized carbons (Fsp3) is 0.333. The average Bonchev–Trinajstić information content (AvgIpc) is 3.45. The lowest BCUT2D eigenvalue weighted by Gasteiger charge is -2.13. The van der Waals surface area contributed by atoms with Gasteiger partial charge in [-0.25, -0.2) is 13.8 Å². The summed E-state index contributed by atoms with van der Waals surface area (Å²) in [7, 11) is 1.33. The number of carbonyl (C=O) groups excluding carboxylic acids is 1. The van der Waals surface area contributed by atoms with E-state index in [9.17, 15) is 13.6 Å². The predicted octanol–water partition coefficient (Wildman–Crippen LogP) is 2.90. The number of benzene rings is 1. The lowest BCUT2D eigenvalue weighted by Crippen LogP contribution is -2.29. The van der Waals surface area contributed by atoms with Crippen LogP contribution < -0.4 is 20.7 Å². The van der Waals surface area contributed by atoms with Gasteiger partial charge in [0.05, 0.1) is 19.0 Å². The molecule has 2 aromatic heterocycles. The van der Waals surface area contributed by atoms with Gasteiger partial charge in [0.1, 0.15) is 18.2 Å². The molecule has 3 aromatic rings. The Morgan fingerprint density at radius 1 is 1.28 bits per heavy atom. The normalized spacial score (nSPS) is 13.0. The summed E-state index contributed by atoms with van der Waals surface area (Å²) in [5, 5.41) is 13.2. The predicted molar refractivity (Wildman–Crippen MR) is 114 cm³/mol. The van der Waals surface area contributed by atoms with E-state index < -0.39 is 11.6 Å². The number of aromatic nitrogens is 4. The van der Waals surface area contributed by atoms with Crippen LogP contribution in [-0.4, -0.2) is 38.8 Å². The van der Waals surface area contributed by atoms with Gasteiger partial charge in [-0.1, -0.05) is 0 Å². The summed E-state index contributed by atoms with van der Waals surface area (Å²) in [5.74, 6) is -0.770. The van der Waals surface area contributed by atoms with Crippen molar-refractivity contribution in [2.75, 3.05) is 17.7 Å². The first-order valence-electron chi connectivity index (χ1n) is 10.1. The van der Waals surface area contributed by atoms with Crippen LogP contribution in [-0.2, 0) is 17.9 Å². The van der Waals surface area contributed by atoms with Crippen molar-refractivity contribution in [3.8, 4) is 5.75 Å². The molecule has 4 rings (SSSR count). The average molecular weight is 443 g/mol. The number of amides is 1. The fourth-order valence-corrected chi connectivity index (χ4v) is 3.13. The lowest BCUT2D eigenvalue weighted by molar-refractivity contribution is -0.122. The van der Waals surface area contributed by atoms with E-state index in [1.54, 1.807) is 18.6 Å². The van der Waals surface area contributed by atoms with Crippen LogP contribution in [0.4, 0.5) is 26.2 Å². The largest absolute Gasteiger partial charge is 0.493 e. The molecular formula is C21H23F2N7O2. The van der Waals surface area contributed by atoms with E-state index in [4.69, 9.17) is 4.74 Å². The van der Waals surface area contributed by atoms with Crippen molar-refractivity contribution in [1.29, 1.82) is 0 Å². The van der Waals surface area contributed by atoms with Crippen molar-refractivity contribution in [3.05, 3.63) is 53.5 Å². The SMILES string of the molecule is COc1c(F)cc(F)cc1CNc1nc(Nc2cnn(CC(=O)NC3CC3)c2)ncc1C. The maximum absolute atomic E-state index is 13.9. The molecule has 1 amide bonds. The highest BCUT2D eigenvalue weighted by Gasteiger charge is 2.23. The van der Waals surface area contributed by atoms with Crippen LogP contribution in [0, 0.1) is 18.6 Å². The zero-order valence-electron chi connectivity index (χ0n) is 17.7. The Bertz CT molecular complexity index is 1130. The first-order chi connectivity index (χ1) is 15.4. The topological polar surface area (TPSA) is 106 Å². The lowest BCUT2D eigenvalue weighted by atomic mass is 10.2. The summed E-state index contributed by atoms with van der Waals surface area (Å²) in [6.07, 6.45) is 6.93. The molecular weight excluding hydrogens is 420 g/mol. The number of rotatable bonds is 9. The number of halogens is 2. The first kappa shape index (κ1) is 21.5. The minimum atomic E-state index is -0.770. The minimum Gasteiger partial charge on any atom is -0.493 e. The summed E-state index contributed by atoms with van der Waals surface area (Å²) in [6.45, 7) is 2.04. The van der Waals surface area contributed by atoms with Gasteiger partial charge in [0.2, 0.25) is 11.9 Å². The molecule has 0 spiro atoms. The molecule has 3 N–H and O–H groups in total. The van der Waals surface area contributed by atoms with Gasteiger partial charge in [0, 0.05) is 42.2 Å². The zero-order chi connectivity index (χ0) is 22.7. The molecule has 1 aromatic carbocycles. The number of methoxy groups -OCH3 is 1. The van der Waals surface area contributed by atoms with Gasteiger partial charge in [-0.15, -0.1) is 0 Å². The number of nitrogens with one attached hydrogen (secondary N) is 3. The molecule has 0 aliphatic heterocycles. The second-order valence-corrected chi connectivity index (χ2v) is 7.55. The number of nitrogens with zero attached hydrogens (tertiary/aromatic N) is 4.